The number of allylic oxidation sites excluding steroid dienone is 4. The van der Waals surface area contributed by atoms with Crippen molar-refractivity contribution in [1.29, 1.82) is 0 Å². The number of carbonyl (C=O) groups is 2. The van der Waals surface area contributed by atoms with E-state index in [1.807, 2.05) is 48.5 Å². The molecule has 0 aromatic heterocycles. The second-order valence-electron chi connectivity index (χ2n) is 9.72. The van der Waals surface area contributed by atoms with Crippen LogP contribution < -0.4 is 5.32 Å². The van der Waals surface area contributed by atoms with E-state index in [4.69, 9.17) is 19.7 Å². The zero-order chi connectivity index (χ0) is 28.0. The van der Waals surface area contributed by atoms with Gasteiger partial charge in [-0.1, -0.05) is 92.2 Å². The maximum atomic E-state index is 11.8. The van der Waals surface area contributed by atoms with E-state index in [2.05, 4.69) is 64.2 Å². The lowest BCUT2D eigenvalue weighted by molar-refractivity contribution is -0.122. The van der Waals surface area contributed by atoms with Crippen LogP contribution in [0.1, 0.15) is 103 Å². The van der Waals surface area contributed by atoms with Crippen molar-refractivity contribution in [1.82, 2.24) is 5.32 Å². The van der Waals surface area contributed by atoms with Crippen LogP contribution >= 0.6 is 0 Å². The van der Waals surface area contributed by atoms with Gasteiger partial charge in [0.25, 0.3) is 6.47 Å². The van der Waals surface area contributed by atoms with Crippen LogP contribution in [0.5, 0.6) is 0 Å². The summed E-state index contributed by atoms with van der Waals surface area (Å²) in [5, 5.41) is 17.5. The highest BCUT2D eigenvalue weighted by atomic mass is 16.6. The average molecular weight is 486 g/mol. The normalized spacial score (nSPS) is 17.6. The molecule has 0 saturated heterocycles. The van der Waals surface area contributed by atoms with Crippen LogP contribution in [0, 0.1) is 11.3 Å². The summed E-state index contributed by atoms with van der Waals surface area (Å²) in [6.07, 6.45) is 10.1. The molecule has 202 valence electrons. The van der Waals surface area contributed by atoms with Crippen molar-refractivity contribution in [3.63, 3.8) is 0 Å². The summed E-state index contributed by atoms with van der Waals surface area (Å²) < 4.78 is 5.33. The maximum absolute atomic E-state index is 11.8. The summed E-state index contributed by atoms with van der Waals surface area (Å²) in [5.41, 5.74) is 2.85. The first-order chi connectivity index (χ1) is 15.7. The second-order valence-corrected chi connectivity index (χ2v) is 9.72. The van der Waals surface area contributed by atoms with Crippen LogP contribution in [0.25, 0.3) is 0 Å². The molecule has 2 atom stereocenters. The third-order valence-corrected chi connectivity index (χ3v) is 3.56. The van der Waals surface area contributed by atoms with Crippen molar-refractivity contribution >= 4 is 12.6 Å². The molecule has 34 heavy (non-hydrogen) atoms. The van der Waals surface area contributed by atoms with Crippen LogP contribution in [-0.4, -0.2) is 41.0 Å². The number of nitrogens with one attached hydrogen (secondary N) is 1. The van der Waals surface area contributed by atoms with Crippen LogP contribution in [0.15, 0.2) is 35.5 Å². The van der Waals surface area contributed by atoms with Crippen molar-refractivity contribution in [2.24, 2.45) is 11.3 Å². The Morgan fingerprint density at radius 3 is 1.88 bits per heavy atom. The van der Waals surface area contributed by atoms with Gasteiger partial charge < -0.3 is 20.3 Å². The van der Waals surface area contributed by atoms with E-state index in [1.54, 1.807) is 6.92 Å². The number of rotatable bonds is 1. The molecule has 1 amide bonds. The van der Waals surface area contributed by atoms with Crippen LogP contribution in [0.2, 0.25) is 0 Å². The number of carboxylic acid groups (broad SMARTS) is 1. The second kappa shape index (κ2) is 22.7. The minimum atomic E-state index is -0.445. The summed E-state index contributed by atoms with van der Waals surface area (Å²) in [6.45, 7) is 26.2. The van der Waals surface area contributed by atoms with Gasteiger partial charge in [-0.15, -0.1) is 0 Å². The van der Waals surface area contributed by atoms with Gasteiger partial charge in [-0.2, -0.15) is 0 Å². The Hall–Kier alpha value is -2.08. The Morgan fingerprint density at radius 2 is 1.50 bits per heavy atom. The van der Waals surface area contributed by atoms with E-state index in [9.17, 15) is 4.79 Å². The third-order valence-electron chi connectivity index (χ3n) is 3.56. The monoisotopic (exact) mass is 485 g/mol. The van der Waals surface area contributed by atoms with Gasteiger partial charge >= 0.3 is 6.09 Å². The van der Waals surface area contributed by atoms with E-state index in [-0.39, 0.29) is 25.2 Å². The minimum Gasteiger partial charge on any atom is -0.483 e. The number of hydrogen-bond donors (Lipinski definition) is 3. The fraction of sp³-hybridized carbons (Fsp3) is 0.714. The van der Waals surface area contributed by atoms with Gasteiger partial charge in [-0.25, -0.2) is 4.79 Å². The standard InChI is InChI=1S/C16H23NO2.C5H12.C2H6O.2C2H6.CH2O2/c1-11-13-9-7-5-6-8-12(13)10-14(11)17-15(18)19-16(2,3)4;1-5(2,3)4;1-2-3;2*1-2;2-1-3/h5-7,9,11,14H,8,10H2,1-4H3,(H,17,18);1-4H3;3H,2H2,1H3;2*1-2H3;1H,(H,2,3)/t11-,14?;;;;;/m1...../s1. The predicted octanol–water partition coefficient (Wildman–Crippen LogP) is 7.54. The fourth-order valence-corrected chi connectivity index (χ4v) is 2.65. The van der Waals surface area contributed by atoms with E-state index >= 15 is 0 Å². The lowest BCUT2D eigenvalue weighted by atomic mass is 9.99. The Bertz CT molecular complexity index is 587. The molecule has 0 aliphatic heterocycles. The summed E-state index contributed by atoms with van der Waals surface area (Å²) >= 11 is 0. The molecule has 0 saturated carbocycles. The third kappa shape index (κ3) is 26.2. The lowest BCUT2D eigenvalue weighted by Gasteiger charge is -2.24. The number of aliphatic hydroxyl groups is 1. The van der Waals surface area contributed by atoms with E-state index in [0.29, 0.717) is 11.3 Å². The van der Waals surface area contributed by atoms with Crippen LogP contribution in [0.3, 0.4) is 0 Å². The van der Waals surface area contributed by atoms with Crippen molar-refractivity contribution in [2.45, 2.75) is 114 Å². The topological polar surface area (TPSA) is 95.9 Å². The largest absolute Gasteiger partial charge is 0.483 e. The highest BCUT2D eigenvalue weighted by Gasteiger charge is 2.32. The number of alkyl carbamates (subject to hydrolysis) is 1. The molecule has 0 fully saturated rings. The summed E-state index contributed by atoms with van der Waals surface area (Å²) in [6, 6.07) is 0.149. The summed E-state index contributed by atoms with van der Waals surface area (Å²) in [4.78, 5) is 20.2. The molecule has 0 radical (unpaired) electrons. The highest BCUT2D eigenvalue weighted by molar-refractivity contribution is 5.68. The molecular weight excluding hydrogens is 430 g/mol. The number of aliphatic hydroxyl groups excluding tert-OH is 1. The molecule has 0 heterocycles. The van der Waals surface area contributed by atoms with Gasteiger partial charge in [0.1, 0.15) is 5.60 Å². The quantitative estimate of drug-likeness (QED) is 0.333. The van der Waals surface area contributed by atoms with Gasteiger partial charge in [-0.05, 0) is 51.5 Å². The van der Waals surface area contributed by atoms with E-state index < -0.39 is 5.60 Å². The van der Waals surface area contributed by atoms with Crippen LogP contribution in [-0.2, 0) is 9.53 Å². The average Bonchev–Trinajstić information content (AvgIpc) is 2.86. The van der Waals surface area contributed by atoms with Crippen molar-refractivity contribution in [3.05, 3.63) is 35.5 Å². The first kappa shape index (κ1) is 39.1. The van der Waals surface area contributed by atoms with E-state index in [1.165, 1.54) is 11.1 Å². The molecular formula is C28H55NO5. The molecule has 2 rings (SSSR count). The van der Waals surface area contributed by atoms with Gasteiger partial charge in [0, 0.05) is 18.6 Å². The van der Waals surface area contributed by atoms with Gasteiger partial charge in [-0.3, -0.25) is 4.79 Å². The zero-order valence-corrected chi connectivity index (χ0v) is 24.3. The first-order valence-electron chi connectivity index (χ1n) is 12.4. The van der Waals surface area contributed by atoms with Crippen molar-refractivity contribution in [2.75, 3.05) is 6.61 Å². The Morgan fingerprint density at radius 1 is 1.09 bits per heavy atom. The Balaban J connectivity index is -0.000000249. The highest BCUT2D eigenvalue weighted by Crippen LogP contribution is 2.36. The van der Waals surface area contributed by atoms with Gasteiger partial charge in [0.15, 0.2) is 0 Å². The molecule has 0 spiro atoms. The zero-order valence-electron chi connectivity index (χ0n) is 24.3. The fourth-order valence-electron chi connectivity index (χ4n) is 2.65. The number of amides is 1. The summed E-state index contributed by atoms with van der Waals surface area (Å²) in [5.74, 6) is 0.346. The van der Waals surface area contributed by atoms with E-state index in [0.717, 1.165) is 12.8 Å². The number of carbonyl (C=O) groups excluding carboxylic acids is 1. The van der Waals surface area contributed by atoms with Crippen molar-refractivity contribution in [3.8, 4) is 0 Å². The molecule has 2 aliphatic carbocycles. The lowest BCUT2D eigenvalue weighted by Crippen LogP contribution is -2.41. The predicted molar refractivity (Wildman–Crippen MR) is 146 cm³/mol. The first-order valence-corrected chi connectivity index (χ1v) is 12.4. The van der Waals surface area contributed by atoms with Gasteiger partial charge in [0.2, 0.25) is 0 Å². The molecule has 3 N–H and O–H groups in total. The number of ether oxygens (including phenoxy) is 1. The Labute approximate surface area is 210 Å². The molecule has 0 aromatic rings. The molecule has 0 bridgehead atoms. The molecule has 6 nitrogen and oxygen atoms in total. The van der Waals surface area contributed by atoms with Gasteiger partial charge in [0.05, 0.1) is 0 Å². The minimum absolute atomic E-state index is 0.149. The van der Waals surface area contributed by atoms with Crippen LogP contribution in [0.4, 0.5) is 4.79 Å². The maximum Gasteiger partial charge on any atom is 0.407 e. The van der Waals surface area contributed by atoms with Crippen molar-refractivity contribution < 1.29 is 24.5 Å². The number of hydrogen-bond acceptors (Lipinski definition) is 4. The molecule has 1 unspecified atom stereocenters. The molecule has 0 aromatic carbocycles. The smallest absolute Gasteiger partial charge is 0.407 e. The molecule has 2 aliphatic rings. The molecule has 6 heteroatoms. The Kier molecular flexibility index (Phi) is 26.1. The SMILES string of the molecule is CC.CC.CC(C)(C)C.CCO.C[C@@H]1C2=C(CC=CC=C2)CC1NC(=O)OC(C)(C)C.O=CO. The summed E-state index contributed by atoms with van der Waals surface area (Å²) in [7, 11) is 0.